The van der Waals surface area contributed by atoms with E-state index in [2.05, 4.69) is 6.92 Å². The van der Waals surface area contributed by atoms with E-state index >= 15 is 0 Å². The van der Waals surface area contributed by atoms with Gasteiger partial charge in [-0.3, -0.25) is 4.21 Å². The summed E-state index contributed by atoms with van der Waals surface area (Å²) in [6.07, 6.45) is 2.15. The van der Waals surface area contributed by atoms with E-state index in [9.17, 15) is 4.21 Å². The Kier molecular flexibility index (Phi) is 4.01. The fraction of sp³-hybridized carbons (Fsp3) is 0.400. The Hall–Kier alpha value is -0.630. The van der Waals surface area contributed by atoms with Gasteiger partial charge in [0.05, 0.1) is 10.8 Å². The van der Waals surface area contributed by atoms with Crippen LogP contribution in [0.3, 0.4) is 0 Å². The molecule has 0 bridgehead atoms. The van der Waals surface area contributed by atoms with Crippen LogP contribution in [0.2, 0.25) is 0 Å². The molecule has 0 radical (unpaired) electrons. The minimum Gasteiger partial charge on any atom is -0.254 e. The van der Waals surface area contributed by atoms with E-state index < -0.39 is 10.8 Å². The molecular formula is C10H14OS. The average molecular weight is 182 g/mol. The second-order valence-corrected chi connectivity index (χ2v) is 4.29. The van der Waals surface area contributed by atoms with E-state index in [0.29, 0.717) is 0 Å². The lowest BCUT2D eigenvalue weighted by molar-refractivity contribution is 0.679. The van der Waals surface area contributed by atoms with Gasteiger partial charge in [-0.15, -0.1) is 0 Å². The first-order valence-corrected chi connectivity index (χ1v) is 5.60. The highest BCUT2D eigenvalue weighted by molar-refractivity contribution is 7.85. The molecule has 0 aliphatic heterocycles. The SMILES string of the molecule is CCCC[S@@](=O)c1ccccc1. The molecule has 0 aliphatic carbocycles. The highest BCUT2D eigenvalue weighted by Gasteiger charge is 2.00. The molecule has 0 saturated carbocycles. The predicted molar refractivity (Wildman–Crippen MR) is 52.6 cm³/mol. The van der Waals surface area contributed by atoms with Crippen LogP contribution < -0.4 is 0 Å². The number of unbranched alkanes of at least 4 members (excludes halogenated alkanes) is 1. The van der Waals surface area contributed by atoms with Gasteiger partial charge in [-0.2, -0.15) is 0 Å². The molecule has 0 aliphatic rings. The van der Waals surface area contributed by atoms with Crippen molar-refractivity contribution in [2.45, 2.75) is 24.7 Å². The molecular weight excluding hydrogens is 168 g/mol. The van der Waals surface area contributed by atoms with Crippen molar-refractivity contribution in [3.8, 4) is 0 Å². The van der Waals surface area contributed by atoms with Crippen LogP contribution >= 0.6 is 0 Å². The van der Waals surface area contributed by atoms with Crippen LogP contribution in [0, 0.1) is 0 Å². The molecule has 0 N–H and O–H groups in total. The molecule has 0 heterocycles. The molecule has 1 nitrogen and oxygen atoms in total. The van der Waals surface area contributed by atoms with Crippen LogP contribution in [0.4, 0.5) is 0 Å². The van der Waals surface area contributed by atoms with Crippen molar-refractivity contribution in [2.75, 3.05) is 5.75 Å². The fourth-order valence-corrected chi connectivity index (χ4v) is 2.21. The van der Waals surface area contributed by atoms with Crippen LogP contribution in [0.25, 0.3) is 0 Å². The van der Waals surface area contributed by atoms with Crippen LogP contribution in [0.1, 0.15) is 19.8 Å². The quantitative estimate of drug-likeness (QED) is 0.699. The normalized spacial score (nSPS) is 12.8. The fourth-order valence-electron chi connectivity index (χ4n) is 0.966. The van der Waals surface area contributed by atoms with Gasteiger partial charge in [0.15, 0.2) is 0 Å². The maximum atomic E-state index is 11.5. The number of rotatable bonds is 4. The molecule has 0 amide bonds. The maximum Gasteiger partial charge on any atom is 0.0529 e. The first-order chi connectivity index (χ1) is 5.84. The lowest BCUT2D eigenvalue weighted by atomic mass is 10.4. The van der Waals surface area contributed by atoms with E-state index in [4.69, 9.17) is 0 Å². The summed E-state index contributed by atoms with van der Waals surface area (Å²) in [7, 11) is -0.783. The Morgan fingerprint density at radius 2 is 1.92 bits per heavy atom. The standard InChI is InChI=1S/C10H14OS/c1-2-3-9-12(11)10-7-5-4-6-8-10/h4-8H,2-3,9H2,1H3/t12-/m1/s1. The smallest absolute Gasteiger partial charge is 0.0529 e. The molecule has 12 heavy (non-hydrogen) atoms. The largest absolute Gasteiger partial charge is 0.254 e. The number of hydrogen-bond acceptors (Lipinski definition) is 1. The van der Waals surface area contributed by atoms with Crippen molar-refractivity contribution in [3.63, 3.8) is 0 Å². The van der Waals surface area contributed by atoms with Gasteiger partial charge in [-0.1, -0.05) is 31.5 Å². The Labute approximate surface area is 76.3 Å². The Balaban J connectivity index is 2.54. The lowest BCUT2D eigenvalue weighted by Gasteiger charge is -1.99. The molecule has 0 saturated heterocycles. The third-order valence-corrected chi connectivity index (χ3v) is 3.15. The van der Waals surface area contributed by atoms with Gasteiger partial charge < -0.3 is 0 Å². The van der Waals surface area contributed by atoms with E-state index in [1.54, 1.807) is 0 Å². The molecule has 0 spiro atoms. The highest BCUT2D eigenvalue weighted by atomic mass is 32.2. The third kappa shape index (κ3) is 2.78. The van der Waals surface area contributed by atoms with E-state index in [1.807, 2.05) is 30.3 Å². The summed E-state index contributed by atoms with van der Waals surface area (Å²) < 4.78 is 11.5. The van der Waals surface area contributed by atoms with Gasteiger partial charge >= 0.3 is 0 Å². The first-order valence-electron chi connectivity index (χ1n) is 4.28. The van der Waals surface area contributed by atoms with Gasteiger partial charge in [-0.05, 0) is 18.6 Å². The minimum atomic E-state index is -0.783. The average Bonchev–Trinajstić information content (AvgIpc) is 2.15. The van der Waals surface area contributed by atoms with Crippen LogP contribution in [0.5, 0.6) is 0 Å². The molecule has 0 fully saturated rings. The van der Waals surface area contributed by atoms with Crippen molar-refractivity contribution >= 4 is 10.8 Å². The van der Waals surface area contributed by atoms with Crippen molar-refractivity contribution in [1.29, 1.82) is 0 Å². The summed E-state index contributed by atoms with van der Waals surface area (Å²) >= 11 is 0. The van der Waals surface area contributed by atoms with Gasteiger partial charge in [-0.25, -0.2) is 0 Å². The molecule has 1 rings (SSSR count). The van der Waals surface area contributed by atoms with Crippen LogP contribution in [-0.2, 0) is 10.8 Å². The summed E-state index contributed by atoms with van der Waals surface area (Å²) in [5.74, 6) is 0.792. The molecule has 1 aromatic carbocycles. The Morgan fingerprint density at radius 3 is 2.50 bits per heavy atom. The monoisotopic (exact) mass is 182 g/mol. The zero-order chi connectivity index (χ0) is 8.81. The van der Waals surface area contributed by atoms with Gasteiger partial charge in [0.1, 0.15) is 0 Å². The second-order valence-electron chi connectivity index (χ2n) is 2.72. The lowest BCUT2D eigenvalue weighted by Crippen LogP contribution is -1.96. The molecule has 1 aromatic rings. The van der Waals surface area contributed by atoms with Crippen molar-refractivity contribution in [1.82, 2.24) is 0 Å². The molecule has 2 heteroatoms. The minimum absolute atomic E-state index is 0.783. The number of benzene rings is 1. The highest BCUT2D eigenvalue weighted by Crippen LogP contribution is 2.06. The maximum absolute atomic E-state index is 11.5. The Bertz CT molecular complexity index is 243. The van der Waals surface area contributed by atoms with Crippen molar-refractivity contribution in [2.24, 2.45) is 0 Å². The van der Waals surface area contributed by atoms with Crippen molar-refractivity contribution in [3.05, 3.63) is 30.3 Å². The van der Waals surface area contributed by atoms with Gasteiger partial charge in [0.2, 0.25) is 0 Å². The van der Waals surface area contributed by atoms with Crippen LogP contribution in [0.15, 0.2) is 35.2 Å². The summed E-state index contributed by atoms with van der Waals surface area (Å²) in [5, 5.41) is 0. The van der Waals surface area contributed by atoms with Gasteiger partial charge in [0, 0.05) is 10.6 Å². The van der Waals surface area contributed by atoms with E-state index in [1.165, 1.54) is 0 Å². The first kappa shape index (κ1) is 9.46. The molecule has 0 unspecified atom stereocenters. The second kappa shape index (κ2) is 5.09. The van der Waals surface area contributed by atoms with Gasteiger partial charge in [0.25, 0.3) is 0 Å². The zero-order valence-electron chi connectivity index (χ0n) is 7.32. The third-order valence-electron chi connectivity index (χ3n) is 1.69. The molecule has 0 aromatic heterocycles. The van der Waals surface area contributed by atoms with Crippen molar-refractivity contribution < 1.29 is 4.21 Å². The van der Waals surface area contributed by atoms with Crippen LogP contribution in [-0.4, -0.2) is 9.96 Å². The van der Waals surface area contributed by atoms with E-state index in [0.717, 1.165) is 23.5 Å². The summed E-state index contributed by atoms with van der Waals surface area (Å²) in [5.41, 5.74) is 0. The predicted octanol–water partition coefficient (Wildman–Crippen LogP) is 2.59. The molecule has 66 valence electrons. The topological polar surface area (TPSA) is 17.1 Å². The van der Waals surface area contributed by atoms with E-state index in [-0.39, 0.29) is 0 Å². The molecule has 1 atom stereocenters. The Morgan fingerprint density at radius 1 is 1.25 bits per heavy atom. The summed E-state index contributed by atoms with van der Waals surface area (Å²) in [6, 6.07) is 9.65. The summed E-state index contributed by atoms with van der Waals surface area (Å²) in [6.45, 7) is 2.11. The zero-order valence-corrected chi connectivity index (χ0v) is 8.14. The number of hydrogen-bond donors (Lipinski definition) is 0. The summed E-state index contributed by atoms with van der Waals surface area (Å²) in [4.78, 5) is 0.950.